The average Bonchev–Trinajstić information content (AvgIpc) is 3.34. The fourth-order valence-corrected chi connectivity index (χ4v) is 3.62. The molecule has 7 nitrogen and oxygen atoms in total. The molecule has 0 unspecified atom stereocenters. The van der Waals surface area contributed by atoms with Crippen LogP contribution in [0.3, 0.4) is 0 Å². The summed E-state index contributed by atoms with van der Waals surface area (Å²) in [5.41, 5.74) is 2.74. The van der Waals surface area contributed by atoms with Gasteiger partial charge in [-0.1, -0.05) is 18.2 Å². The lowest BCUT2D eigenvalue weighted by Crippen LogP contribution is -2.42. The fraction of sp³-hybridized carbons (Fsp3) is 0.333. The molecule has 0 aliphatic carbocycles. The van der Waals surface area contributed by atoms with Crippen LogP contribution in [0.2, 0.25) is 0 Å². The second-order valence-electron chi connectivity index (χ2n) is 7.33. The van der Waals surface area contributed by atoms with Crippen LogP contribution < -0.4 is 10.6 Å². The second kappa shape index (κ2) is 8.00. The number of aromatic nitrogens is 2. The average molecular weight is 379 g/mol. The number of nitrogens with one attached hydrogen (secondary N) is 2. The molecule has 1 saturated heterocycles. The maximum atomic E-state index is 12.2. The second-order valence-corrected chi connectivity index (χ2v) is 7.33. The summed E-state index contributed by atoms with van der Waals surface area (Å²) in [6.07, 6.45) is 1.85. The predicted octanol–water partition coefficient (Wildman–Crippen LogP) is 2.72. The molecule has 2 heterocycles. The Morgan fingerprint density at radius 3 is 2.75 bits per heavy atom. The van der Waals surface area contributed by atoms with E-state index in [0.717, 1.165) is 22.3 Å². The quantitative estimate of drug-likeness (QED) is 0.715. The maximum absolute atomic E-state index is 12.2. The van der Waals surface area contributed by atoms with E-state index in [1.54, 1.807) is 0 Å². The van der Waals surface area contributed by atoms with E-state index in [9.17, 15) is 4.79 Å². The summed E-state index contributed by atoms with van der Waals surface area (Å²) in [6.45, 7) is 1.98. The van der Waals surface area contributed by atoms with Gasteiger partial charge in [0.15, 0.2) is 0 Å². The summed E-state index contributed by atoms with van der Waals surface area (Å²) in [5, 5.41) is 11.4. The Morgan fingerprint density at radius 1 is 1.18 bits per heavy atom. The Hall–Kier alpha value is -2.90. The van der Waals surface area contributed by atoms with Crippen molar-refractivity contribution in [2.45, 2.75) is 6.04 Å². The predicted molar refractivity (Wildman–Crippen MR) is 110 cm³/mol. The summed E-state index contributed by atoms with van der Waals surface area (Å²) < 4.78 is 7.43. The van der Waals surface area contributed by atoms with Gasteiger partial charge in [0.05, 0.1) is 30.6 Å². The molecule has 1 aliphatic heterocycles. The maximum Gasteiger partial charge on any atom is 0.319 e. The summed E-state index contributed by atoms with van der Waals surface area (Å²) in [4.78, 5) is 14.4. The largest absolute Gasteiger partial charge is 0.379 e. The topological polar surface area (TPSA) is 71.4 Å². The van der Waals surface area contributed by atoms with Crippen LogP contribution in [-0.4, -0.2) is 60.6 Å². The van der Waals surface area contributed by atoms with Crippen molar-refractivity contribution in [2.75, 3.05) is 39.2 Å². The highest BCUT2D eigenvalue weighted by atomic mass is 16.5. The minimum absolute atomic E-state index is 0.207. The minimum Gasteiger partial charge on any atom is -0.379 e. The Labute approximate surface area is 164 Å². The smallest absolute Gasteiger partial charge is 0.319 e. The van der Waals surface area contributed by atoms with Crippen LogP contribution in [0.5, 0.6) is 0 Å². The van der Waals surface area contributed by atoms with E-state index in [4.69, 9.17) is 4.74 Å². The zero-order chi connectivity index (χ0) is 19.5. The molecule has 1 fully saturated rings. The van der Waals surface area contributed by atoms with Crippen LogP contribution in [-0.2, 0) is 4.74 Å². The molecule has 0 saturated carbocycles. The third-order valence-electron chi connectivity index (χ3n) is 5.20. The molecular weight excluding hydrogens is 354 g/mol. The number of hydrogen-bond donors (Lipinski definition) is 2. The lowest BCUT2D eigenvalue weighted by Gasteiger charge is -2.24. The van der Waals surface area contributed by atoms with Crippen LogP contribution in [0.15, 0.2) is 54.7 Å². The van der Waals surface area contributed by atoms with Gasteiger partial charge in [-0.2, -0.15) is 5.10 Å². The van der Waals surface area contributed by atoms with E-state index in [1.807, 2.05) is 73.5 Å². The Morgan fingerprint density at radius 2 is 1.96 bits per heavy atom. The van der Waals surface area contributed by atoms with Gasteiger partial charge in [0.1, 0.15) is 0 Å². The highest BCUT2D eigenvalue weighted by molar-refractivity contribution is 5.89. The first-order chi connectivity index (χ1) is 13.6. The molecule has 7 heteroatoms. The first kappa shape index (κ1) is 18.5. The molecule has 2 aromatic carbocycles. The van der Waals surface area contributed by atoms with Crippen LogP contribution in [0.1, 0.15) is 0 Å². The molecule has 0 radical (unpaired) electrons. The molecule has 0 bridgehead atoms. The highest BCUT2D eigenvalue weighted by Gasteiger charge is 2.29. The van der Waals surface area contributed by atoms with E-state index < -0.39 is 0 Å². The SMILES string of the molecule is CN(C)[C@@H]1COC[C@H]1CNC(=O)Nc1ccc(-n2ncc3ccccc32)cc1. The number of ether oxygens (including phenoxy) is 1. The van der Waals surface area contributed by atoms with Gasteiger partial charge in [0.2, 0.25) is 0 Å². The summed E-state index contributed by atoms with van der Waals surface area (Å²) in [5.74, 6) is 0.302. The molecule has 28 heavy (non-hydrogen) atoms. The summed E-state index contributed by atoms with van der Waals surface area (Å²) in [6, 6.07) is 15.9. The number of urea groups is 1. The lowest BCUT2D eigenvalue weighted by molar-refractivity contribution is 0.169. The van der Waals surface area contributed by atoms with Gasteiger partial charge < -0.3 is 20.3 Å². The third kappa shape index (κ3) is 3.85. The number of amides is 2. The molecule has 2 N–H and O–H groups in total. The van der Waals surface area contributed by atoms with Crippen molar-refractivity contribution in [3.05, 3.63) is 54.7 Å². The number of rotatable bonds is 5. The molecule has 146 valence electrons. The molecule has 2 atom stereocenters. The zero-order valence-electron chi connectivity index (χ0n) is 16.1. The Balaban J connectivity index is 1.36. The molecule has 3 aromatic rings. The Bertz CT molecular complexity index is 951. The number of para-hydroxylation sites is 1. The van der Waals surface area contributed by atoms with E-state index in [2.05, 4.69) is 20.6 Å². The molecule has 1 aromatic heterocycles. The third-order valence-corrected chi connectivity index (χ3v) is 5.20. The van der Waals surface area contributed by atoms with Gasteiger partial charge in [0.25, 0.3) is 0 Å². The monoisotopic (exact) mass is 379 g/mol. The lowest BCUT2D eigenvalue weighted by atomic mass is 10.0. The van der Waals surface area contributed by atoms with E-state index in [-0.39, 0.29) is 6.03 Å². The minimum atomic E-state index is -0.207. The number of fused-ring (bicyclic) bond motifs is 1. The van der Waals surface area contributed by atoms with Crippen LogP contribution in [0, 0.1) is 5.92 Å². The number of carbonyl (C=O) groups excluding carboxylic acids is 1. The van der Waals surface area contributed by atoms with Gasteiger partial charge in [-0.15, -0.1) is 0 Å². The molecular formula is C21H25N5O2. The number of anilines is 1. The standard InChI is InChI=1S/C21H25N5O2/c1-25(2)20-14-28-13-16(20)11-22-21(27)24-17-7-9-18(10-8-17)26-19-6-4-3-5-15(19)12-23-26/h3-10,12,16,20H,11,13-14H2,1-2H3,(H2,22,24,27)/t16-,20-/m1/s1. The van der Waals surface area contributed by atoms with Crippen molar-refractivity contribution in [3.8, 4) is 5.69 Å². The molecule has 2 amide bonds. The zero-order valence-corrected chi connectivity index (χ0v) is 16.1. The first-order valence-electron chi connectivity index (χ1n) is 9.44. The number of hydrogen-bond acceptors (Lipinski definition) is 4. The highest BCUT2D eigenvalue weighted by Crippen LogP contribution is 2.20. The van der Waals surface area contributed by atoms with Gasteiger partial charge in [0, 0.05) is 29.6 Å². The number of benzene rings is 2. The van der Waals surface area contributed by atoms with Gasteiger partial charge >= 0.3 is 6.03 Å². The summed E-state index contributed by atoms with van der Waals surface area (Å²) >= 11 is 0. The molecule has 0 spiro atoms. The van der Waals surface area contributed by atoms with Crippen molar-refractivity contribution in [1.82, 2.24) is 20.0 Å². The normalized spacial score (nSPS) is 19.2. The van der Waals surface area contributed by atoms with Gasteiger partial charge in [-0.05, 0) is 44.4 Å². The van der Waals surface area contributed by atoms with Gasteiger partial charge in [-0.3, -0.25) is 0 Å². The van der Waals surface area contributed by atoms with Crippen molar-refractivity contribution >= 4 is 22.6 Å². The number of likely N-dealkylation sites (N-methyl/N-ethyl adjacent to an activating group) is 1. The van der Waals surface area contributed by atoms with E-state index >= 15 is 0 Å². The van der Waals surface area contributed by atoms with Crippen molar-refractivity contribution in [3.63, 3.8) is 0 Å². The number of nitrogens with zero attached hydrogens (tertiary/aromatic N) is 3. The summed E-state index contributed by atoms with van der Waals surface area (Å²) in [7, 11) is 4.08. The first-order valence-corrected chi connectivity index (χ1v) is 9.44. The molecule has 1 aliphatic rings. The Kier molecular flexibility index (Phi) is 5.27. The molecule has 4 rings (SSSR count). The van der Waals surface area contributed by atoms with Crippen molar-refractivity contribution in [1.29, 1.82) is 0 Å². The van der Waals surface area contributed by atoms with Gasteiger partial charge in [-0.25, -0.2) is 9.48 Å². The van der Waals surface area contributed by atoms with Crippen LogP contribution >= 0.6 is 0 Å². The van der Waals surface area contributed by atoms with E-state index in [0.29, 0.717) is 31.7 Å². The van der Waals surface area contributed by atoms with Crippen molar-refractivity contribution < 1.29 is 9.53 Å². The van der Waals surface area contributed by atoms with Crippen LogP contribution in [0.4, 0.5) is 10.5 Å². The van der Waals surface area contributed by atoms with E-state index in [1.165, 1.54) is 0 Å². The van der Waals surface area contributed by atoms with Crippen molar-refractivity contribution in [2.24, 2.45) is 5.92 Å². The van der Waals surface area contributed by atoms with Crippen LogP contribution in [0.25, 0.3) is 16.6 Å². The number of carbonyl (C=O) groups is 1. The fourth-order valence-electron chi connectivity index (χ4n) is 3.62.